The van der Waals surface area contributed by atoms with E-state index in [1.807, 2.05) is 0 Å². The zero-order chi connectivity index (χ0) is 26.1. The predicted octanol–water partition coefficient (Wildman–Crippen LogP) is 0.898. The molecule has 0 bridgehead atoms. The van der Waals surface area contributed by atoms with Crippen LogP contribution in [0.3, 0.4) is 0 Å². The van der Waals surface area contributed by atoms with Gasteiger partial charge in [-0.15, -0.1) is 0 Å². The number of carbonyl (C=O) groups excluding carboxylic acids is 5. The second-order valence-electron chi connectivity index (χ2n) is 7.55. The summed E-state index contributed by atoms with van der Waals surface area (Å²) in [5.74, 6) is -3.21. The van der Waals surface area contributed by atoms with Crippen molar-refractivity contribution in [3.8, 4) is 5.75 Å². The van der Waals surface area contributed by atoms with E-state index in [4.69, 9.17) is 28.4 Å². The maximum Gasteiger partial charge on any atom is 0.341 e. The van der Waals surface area contributed by atoms with E-state index in [9.17, 15) is 24.0 Å². The fourth-order valence-corrected chi connectivity index (χ4v) is 3.46. The Morgan fingerprint density at radius 3 is 2.09 bits per heavy atom. The lowest BCUT2D eigenvalue weighted by atomic mass is 9.96. The first-order valence-corrected chi connectivity index (χ1v) is 10.9. The van der Waals surface area contributed by atoms with Gasteiger partial charge in [-0.1, -0.05) is 12.1 Å². The highest BCUT2D eigenvalue weighted by Gasteiger charge is 2.52. The number of amides is 1. The van der Waals surface area contributed by atoms with Gasteiger partial charge in [0.15, 0.2) is 12.2 Å². The molecule has 5 atom stereocenters. The van der Waals surface area contributed by atoms with Crippen molar-refractivity contribution in [2.75, 3.05) is 13.2 Å². The SMILES string of the molecule is CCOC(=O)c1ccccc1O[C@@H]1O[C@H](COC(C)=O)[C@H](OC(C)=O)[C@H](OC(C)=O)[C@@H]1NC(C)=O. The van der Waals surface area contributed by atoms with Gasteiger partial charge in [0.2, 0.25) is 12.2 Å². The molecule has 192 valence electrons. The van der Waals surface area contributed by atoms with Crippen molar-refractivity contribution in [3.05, 3.63) is 29.8 Å². The average Bonchev–Trinajstić information content (AvgIpc) is 2.76. The molecule has 0 aromatic heterocycles. The summed E-state index contributed by atoms with van der Waals surface area (Å²) in [4.78, 5) is 59.6. The van der Waals surface area contributed by atoms with Crippen LogP contribution < -0.4 is 10.1 Å². The van der Waals surface area contributed by atoms with Crippen molar-refractivity contribution in [1.82, 2.24) is 5.32 Å². The minimum absolute atomic E-state index is 0.0602. The molecule has 12 heteroatoms. The molecule has 1 amide bonds. The monoisotopic (exact) mass is 495 g/mol. The van der Waals surface area contributed by atoms with Gasteiger partial charge in [-0.05, 0) is 19.1 Å². The minimum Gasteiger partial charge on any atom is -0.463 e. The van der Waals surface area contributed by atoms with E-state index in [0.29, 0.717) is 0 Å². The molecule has 1 fully saturated rings. The standard InChI is InChI=1S/C23H29NO11/c1-6-30-22(29)16-9-7-8-10-17(16)34-23-19(24-12(2)25)21(33-15(5)28)20(32-14(4)27)18(35-23)11-31-13(3)26/h7-10,18-21,23H,6,11H2,1-5H3,(H,24,25)/t18-,19+,20+,21-,23-/m1/s1. The molecule has 12 nitrogen and oxygen atoms in total. The highest BCUT2D eigenvalue weighted by Crippen LogP contribution is 2.30. The lowest BCUT2D eigenvalue weighted by molar-refractivity contribution is -0.257. The van der Waals surface area contributed by atoms with Crippen LogP contribution >= 0.6 is 0 Å². The van der Waals surface area contributed by atoms with Crippen LogP contribution in [0.2, 0.25) is 0 Å². The number of hydrogen-bond donors (Lipinski definition) is 1. The van der Waals surface area contributed by atoms with E-state index >= 15 is 0 Å². The first kappa shape index (κ1) is 27.6. The molecule has 1 aromatic carbocycles. The summed E-state index contributed by atoms with van der Waals surface area (Å²) in [6.45, 7) is 6.08. The van der Waals surface area contributed by atoms with Crippen LogP contribution in [0.4, 0.5) is 0 Å². The summed E-state index contributed by atoms with van der Waals surface area (Å²) in [7, 11) is 0. The number of rotatable bonds is 9. The van der Waals surface area contributed by atoms with Gasteiger partial charge in [0.25, 0.3) is 0 Å². The Balaban J connectivity index is 2.51. The molecule has 1 heterocycles. The third-order valence-corrected chi connectivity index (χ3v) is 4.70. The van der Waals surface area contributed by atoms with Gasteiger partial charge < -0.3 is 33.7 Å². The maximum absolute atomic E-state index is 12.4. The number of nitrogens with one attached hydrogen (secondary N) is 1. The molecule has 1 saturated heterocycles. The third-order valence-electron chi connectivity index (χ3n) is 4.70. The van der Waals surface area contributed by atoms with Crippen LogP contribution in [0.15, 0.2) is 24.3 Å². The summed E-state index contributed by atoms with van der Waals surface area (Å²) in [5.41, 5.74) is 0.0854. The van der Waals surface area contributed by atoms with Gasteiger partial charge in [-0.2, -0.15) is 0 Å². The van der Waals surface area contributed by atoms with Crippen molar-refractivity contribution in [2.24, 2.45) is 0 Å². The van der Waals surface area contributed by atoms with Gasteiger partial charge >= 0.3 is 23.9 Å². The van der Waals surface area contributed by atoms with Crippen LogP contribution in [0, 0.1) is 0 Å². The molecule has 1 aliphatic rings. The Bertz CT molecular complexity index is 947. The van der Waals surface area contributed by atoms with E-state index in [0.717, 1.165) is 13.8 Å². The van der Waals surface area contributed by atoms with E-state index in [-0.39, 0.29) is 24.5 Å². The first-order chi connectivity index (χ1) is 16.5. The zero-order valence-electron chi connectivity index (χ0n) is 20.1. The summed E-state index contributed by atoms with van der Waals surface area (Å²) in [6, 6.07) is 5.00. The largest absolute Gasteiger partial charge is 0.463 e. The molecule has 0 unspecified atom stereocenters. The van der Waals surface area contributed by atoms with E-state index in [2.05, 4.69) is 5.32 Å². The van der Waals surface area contributed by atoms with Gasteiger partial charge in [0, 0.05) is 27.7 Å². The highest BCUT2D eigenvalue weighted by molar-refractivity contribution is 5.92. The molecule has 1 aliphatic heterocycles. The topological polar surface area (TPSA) is 153 Å². The summed E-state index contributed by atoms with van der Waals surface area (Å²) in [6.07, 6.45) is -5.04. The molecule has 0 radical (unpaired) electrons. The highest BCUT2D eigenvalue weighted by atomic mass is 16.7. The number of ether oxygens (including phenoxy) is 6. The molecule has 2 rings (SSSR count). The maximum atomic E-state index is 12.4. The summed E-state index contributed by atoms with van der Waals surface area (Å²) in [5, 5.41) is 2.59. The van der Waals surface area contributed by atoms with Crippen molar-refractivity contribution in [1.29, 1.82) is 0 Å². The Hall–Kier alpha value is -3.67. The normalized spacial score (nSPS) is 23.4. The quantitative estimate of drug-likeness (QED) is 0.384. The van der Waals surface area contributed by atoms with Gasteiger partial charge in [-0.3, -0.25) is 19.2 Å². The molecule has 1 N–H and O–H groups in total. The molecule has 1 aromatic rings. The second-order valence-corrected chi connectivity index (χ2v) is 7.55. The predicted molar refractivity (Wildman–Crippen MR) is 117 cm³/mol. The summed E-state index contributed by atoms with van der Waals surface area (Å²) < 4.78 is 32.8. The molecule has 0 spiro atoms. The van der Waals surface area contributed by atoms with Crippen molar-refractivity contribution >= 4 is 29.8 Å². The second kappa shape index (κ2) is 12.7. The molecule has 35 heavy (non-hydrogen) atoms. The number of benzene rings is 1. The first-order valence-electron chi connectivity index (χ1n) is 10.9. The average molecular weight is 495 g/mol. The summed E-state index contributed by atoms with van der Waals surface area (Å²) >= 11 is 0. The number of carbonyl (C=O) groups is 5. The van der Waals surface area contributed by atoms with E-state index in [1.165, 1.54) is 26.0 Å². The zero-order valence-corrected chi connectivity index (χ0v) is 20.1. The van der Waals surface area contributed by atoms with Crippen LogP contribution in [0.25, 0.3) is 0 Å². The van der Waals surface area contributed by atoms with Crippen molar-refractivity contribution < 1.29 is 52.4 Å². The Morgan fingerprint density at radius 2 is 1.51 bits per heavy atom. The fraction of sp³-hybridized carbons (Fsp3) is 0.522. The molecular formula is C23H29NO11. The van der Waals surface area contributed by atoms with Gasteiger partial charge in [-0.25, -0.2) is 4.79 Å². The fourth-order valence-electron chi connectivity index (χ4n) is 3.46. The lowest BCUT2D eigenvalue weighted by Crippen LogP contribution is -2.67. The van der Waals surface area contributed by atoms with E-state index in [1.54, 1.807) is 19.1 Å². The van der Waals surface area contributed by atoms with Crippen molar-refractivity contribution in [2.45, 2.75) is 65.3 Å². The number of esters is 4. The minimum atomic E-state index is -1.36. The number of hydrogen-bond acceptors (Lipinski definition) is 11. The number of para-hydroxylation sites is 1. The Labute approximate surface area is 202 Å². The van der Waals surface area contributed by atoms with Crippen molar-refractivity contribution in [3.63, 3.8) is 0 Å². The van der Waals surface area contributed by atoms with Crippen LogP contribution in [-0.4, -0.2) is 73.6 Å². The Kier molecular flexibility index (Phi) is 10.0. The smallest absolute Gasteiger partial charge is 0.341 e. The third kappa shape index (κ3) is 7.95. The van der Waals surface area contributed by atoms with Crippen LogP contribution in [0.1, 0.15) is 45.0 Å². The van der Waals surface area contributed by atoms with Crippen LogP contribution in [-0.2, 0) is 42.9 Å². The molecule has 0 saturated carbocycles. The van der Waals surface area contributed by atoms with Crippen LogP contribution in [0.5, 0.6) is 5.75 Å². The van der Waals surface area contributed by atoms with Gasteiger partial charge in [0.05, 0.1) is 6.61 Å². The van der Waals surface area contributed by atoms with E-state index < -0.39 is 60.4 Å². The van der Waals surface area contributed by atoms with Gasteiger partial charge in [0.1, 0.15) is 30.1 Å². The molecule has 0 aliphatic carbocycles. The molecular weight excluding hydrogens is 466 g/mol. The lowest BCUT2D eigenvalue weighted by Gasteiger charge is -2.44. The Morgan fingerprint density at radius 1 is 0.886 bits per heavy atom.